The van der Waals surface area contributed by atoms with Gasteiger partial charge in [-0.1, -0.05) is 47.5 Å². The van der Waals surface area contributed by atoms with E-state index >= 15 is 0 Å². The number of nitrogens with two attached hydrogens (primary N) is 1. The van der Waals surface area contributed by atoms with Gasteiger partial charge >= 0.3 is 0 Å². The molecule has 0 aliphatic heterocycles. The average Bonchev–Trinajstić information content (AvgIpc) is 2.52. The summed E-state index contributed by atoms with van der Waals surface area (Å²) in [5.41, 5.74) is 7.65. The Morgan fingerprint density at radius 3 is 1.79 bits per heavy atom. The van der Waals surface area contributed by atoms with Gasteiger partial charge in [-0.2, -0.15) is 0 Å². The lowest BCUT2D eigenvalue weighted by Gasteiger charge is -2.20. The zero-order chi connectivity index (χ0) is 16.8. The second-order valence-electron chi connectivity index (χ2n) is 5.62. The summed E-state index contributed by atoms with van der Waals surface area (Å²) in [6, 6.07) is 14.7. The Kier molecular flexibility index (Phi) is 8.57. The van der Waals surface area contributed by atoms with E-state index in [1.54, 1.807) is 0 Å². The van der Waals surface area contributed by atoms with Gasteiger partial charge in [-0.25, -0.2) is 0 Å². The molecule has 1 unspecified atom stereocenters. The summed E-state index contributed by atoms with van der Waals surface area (Å²) < 4.78 is 0. The highest BCUT2D eigenvalue weighted by Crippen LogP contribution is 2.25. The first-order valence-corrected chi connectivity index (χ1v) is 8.27. The minimum Gasteiger partial charge on any atom is -0.345 e. The molecule has 3 N–H and O–H groups in total. The van der Waals surface area contributed by atoms with E-state index in [-0.39, 0.29) is 30.4 Å². The molecule has 0 saturated heterocycles. The first kappa shape index (κ1) is 20.8. The molecule has 0 radical (unpaired) electrons. The number of hydrogen-bond donors (Lipinski definition) is 2. The number of hydrogen-bond acceptors (Lipinski definition) is 2. The quantitative estimate of drug-likeness (QED) is 0.751. The van der Waals surface area contributed by atoms with Gasteiger partial charge in [0.1, 0.15) is 0 Å². The lowest BCUT2D eigenvalue weighted by Crippen LogP contribution is -2.30. The summed E-state index contributed by atoms with van der Waals surface area (Å²) in [5.74, 6) is -0.0304. The second-order valence-corrected chi connectivity index (χ2v) is 6.49. The van der Waals surface area contributed by atoms with E-state index in [0.717, 1.165) is 11.1 Å². The van der Waals surface area contributed by atoms with Crippen LogP contribution in [-0.2, 0) is 4.79 Å². The zero-order valence-electron chi connectivity index (χ0n) is 13.3. The van der Waals surface area contributed by atoms with Gasteiger partial charge in [0, 0.05) is 22.5 Å². The van der Waals surface area contributed by atoms with Crippen LogP contribution >= 0.6 is 35.6 Å². The van der Waals surface area contributed by atoms with Crippen molar-refractivity contribution in [3.8, 4) is 0 Å². The fraction of sp³-hybridized carbons (Fsp3) is 0.278. The molecule has 3 nitrogen and oxygen atoms in total. The average molecular weight is 388 g/mol. The second kappa shape index (κ2) is 9.90. The Balaban J connectivity index is 0.00000288. The number of carbonyl (C=O) groups is 1. The normalized spacial score (nSPS) is 11.7. The van der Waals surface area contributed by atoms with Gasteiger partial charge in [0.25, 0.3) is 0 Å². The number of halogens is 3. The molecule has 0 saturated carbocycles. The maximum absolute atomic E-state index is 12.2. The highest BCUT2D eigenvalue weighted by Gasteiger charge is 2.17. The van der Waals surface area contributed by atoms with Crippen molar-refractivity contribution in [2.75, 3.05) is 0 Å². The van der Waals surface area contributed by atoms with E-state index in [4.69, 9.17) is 28.9 Å². The van der Waals surface area contributed by atoms with Crippen LogP contribution in [0.4, 0.5) is 0 Å². The highest BCUT2D eigenvalue weighted by molar-refractivity contribution is 6.30. The Bertz CT molecular complexity index is 597. The zero-order valence-corrected chi connectivity index (χ0v) is 15.7. The van der Waals surface area contributed by atoms with E-state index in [0.29, 0.717) is 22.9 Å². The molecule has 130 valence electrons. The molecule has 0 fully saturated rings. The van der Waals surface area contributed by atoms with Crippen molar-refractivity contribution in [2.24, 2.45) is 5.73 Å². The van der Waals surface area contributed by atoms with Crippen molar-refractivity contribution in [2.45, 2.75) is 31.8 Å². The maximum Gasteiger partial charge on any atom is 0.220 e. The Hall–Kier alpha value is -1.26. The molecule has 6 heteroatoms. The summed E-state index contributed by atoms with van der Waals surface area (Å²) in [6.45, 7) is 1.89. The molecule has 0 aliphatic rings. The van der Waals surface area contributed by atoms with Gasteiger partial charge in [-0.05, 0) is 48.7 Å². The monoisotopic (exact) mass is 386 g/mol. The smallest absolute Gasteiger partial charge is 0.220 e. The molecule has 0 aliphatic carbocycles. The summed E-state index contributed by atoms with van der Waals surface area (Å²) in [5, 5.41) is 4.38. The van der Waals surface area contributed by atoms with E-state index in [1.165, 1.54) is 0 Å². The summed E-state index contributed by atoms with van der Waals surface area (Å²) >= 11 is 11.9. The standard InChI is InChI=1S/C18H20Cl2N2O.ClH/c1-12(21)2-11-17(23)22-18(13-3-7-15(19)8-4-13)14-5-9-16(20)10-6-14;/h3-10,12,18H,2,11,21H2,1H3,(H,22,23);1H. The first-order chi connectivity index (χ1) is 11.0. The van der Waals surface area contributed by atoms with Crippen molar-refractivity contribution < 1.29 is 4.79 Å². The van der Waals surface area contributed by atoms with Gasteiger partial charge in [0.2, 0.25) is 5.91 Å². The minimum atomic E-state index is -0.245. The van der Waals surface area contributed by atoms with Crippen molar-refractivity contribution >= 4 is 41.5 Å². The molecule has 2 aromatic carbocycles. The van der Waals surface area contributed by atoms with Crippen molar-refractivity contribution in [1.82, 2.24) is 5.32 Å². The van der Waals surface area contributed by atoms with E-state index in [2.05, 4.69) is 5.32 Å². The lowest BCUT2D eigenvalue weighted by atomic mass is 9.98. The van der Waals surface area contributed by atoms with Gasteiger partial charge < -0.3 is 11.1 Å². The predicted molar refractivity (Wildman–Crippen MR) is 103 cm³/mol. The van der Waals surface area contributed by atoms with Crippen molar-refractivity contribution in [3.05, 3.63) is 69.7 Å². The molecule has 0 spiro atoms. The Morgan fingerprint density at radius 2 is 1.42 bits per heavy atom. The number of nitrogens with one attached hydrogen (secondary N) is 1. The van der Waals surface area contributed by atoms with Crippen LogP contribution in [0.1, 0.15) is 36.9 Å². The van der Waals surface area contributed by atoms with E-state index in [1.807, 2.05) is 55.5 Å². The van der Waals surface area contributed by atoms with Crippen molar-refractivity contribution in [1.29, 1.82) is 0 Å². The molecular formula is C18H21Cl3N2O. The molecule has 0 aromatic heterocycles. The number of benzene rings is 2. The molecule has 2 aromatic rings. The molecule has 0 bridgehead atoms. The summed E-state index contributed by atoms with van der Waals surface area (Å²) in [7, 11) is 0. The molecule has 1 amide bonds. The van der Waals surface area contributed by atoms with Crippen LogP contribution in [0, 0.1) is 0 Å². The molecular weight excluding hydrogens is 367 g/mol. The van der Waals surface area contributed by atoms with Crippen LogP contribution in [0.15, 0.2) is 48.5 Å². The van der Waals surface area contributed by atoms with Gasteiger partial charge in [0.05, 0.1) is 6.04 Å². The molecule has 1 atom stereocenters. The minimum absolute atomic E-state index is 0. The largest absolute Gasteiger partial charge is 0.345 e. The third-order valence-corrected chi connectivity index (χ3v) is 4.04. The number of amides is 1. The molecule has 24 heavy (non-hydrogen) atoms. The van der Waals surface area contributed by atoms with E-state index in [9.17, 15) is 4.79 Å². The Labute approximate surface area is 158 Å². The van der Waals surface area contributed by atoms with Crippen LogP contribution in [-0.4, -0.2) is 11.9 Å². The number of carbonyl (C=O) groups excluding carboxylic acids is 1. The van der Waals surface area contributed by atoms with E-state index < -0.39 is 0 Å². The van der Waals surface area contributed by atoms with Gasteiger partial charge in [-0.3, -0.25) is 4.79 Å². The highest BCUT2D eigenvalue weighted by atomic mass is 35.5. The number of rotatable bonds is 6. The SMILES string of the molecule is CC(N)CCC(=O)NC(c1ccc(Cl)cc1)c1ccc(Cl)cc1.Cl. The predicted octanol–water partition coefficient (Wildman–Crippen LogP) is 4.75. The van der Waals surface area contributed by atoms with Crippen LogP contribution in [0.5, 0.6) is 0 Å². The summed E-state index contributed by atoms with van der Waals surface area (Å²) in [6.07, 6.45) is 1.05. The van der Waals surface area contributed by atoms with Crippen LogP contribution in [0.2, 0.25) is 10.0 Å². The molecule has 2 rings (SSSR count). The molecule has 0 heterocycles. The van der Waals surface area contributed by atoms with Crippen LogP contribution in [0.25, 0.3) is 0 Å². The van der Waals surface area contributed by atoms with Crippen molar-refractivity contribution in [3.63, 3.8) is 0 Å². The van der Waals surface area contributed by atoms with Crippen LogP contribution < -0.4 is 11.1 Å². The van der Waals surface area contributed by atoms with Gasteiger partial charge in [0.15, 0.2) is 0 Å². The fourth-order valence-electron chi connectivity index (χ4n) is 2.26. The topological polar surface area (TPSA) is 55.1 Å². The van der Waals surface area contributed by atoms with Crippen LogP contribution in [0.3, 0.4) is 0 Å². The maximum atomic E-state index is 12.2. The van der Waals surface area contributed by atoms with Gasteiger partial charge in [-0.15, -0.1) is 12.4 Å². The third-order valence-electron chi connectivity index (χ3n) is 3.54. The third kappa shape index (κ3) is 6.33. The summed E-state index contributed by atoms with van der Waals surface area (Å²) in [4.78, 5) is 12.2. The Morgan fingerprint density at radius 1 is 1.00 bits per heavy atom. The fourth-order valence-corrected chi connectivity index (χ4v) is 2.51. The first-order valence-electron chi connectivity index (χ1n) is 7.51. The lowest BCUT2D eigenvalue weighted by molar-refractivity contribution is -0.121.